The van der Waals surface area contributed by atoms with Crippen molar-refractivity contribution >= 4 is 27.5 Å². The van der Waals surface area contributed by atoms with Crippen molar-refractivity contribution in [3.05, 3.63) is 48.0 Å². The topological polar surface area (TPSA) is 49.9 Å². The number of benzene rings is 2. The Hall–Kier alpha value is -1.70. The number of fused-ring (bicyclic) bond motifs is 1. The first-order valence-electron chi connectivity index (χ1n) is 10.7. The van der Waals surface area contributed by atoms with Crippen LogP contribution in [0.1, 0.15) is 31.7 Å². The zero-order valence-electron chi connectivity index (χ0n) is 17.7. The van der Waals surface area contributed by atoms with E-state index in [1.807, 2.05) is 37.3 Å². The standard InChI is InChI=1S/C23H30N2O3S2/c1-18-6-9-21(10-7-18)30(26,27)25-14-16-29-23-11-8-20(17-22(23)25)28-15-4-13-24-12-3-5-19(24)2/h6-11,17,19H,3-5,12-16H2,1-2H3/t19-/m1/s1. The number of hydrogen-bond acceptors (Lipinski definition) is 5. The quantitative estimate of drug-likeness (QED) is 0.584. The van der Waals surface area contributed by atoms with E-state index in [2.05, 4.69) is 11.8 Å². The molecular weight excluding hydrogens is 416 g/mol. The first kappa shape index (κ1) is 21.5. The maximum absolute atomic E-state index is 13.3. The van der Waals surface area contributed by atoms with E-state index in [4.69, 9.17) is 4.74 Å². The third kappa shape index (κ3) is 4.63. The van der Waals surface area contributed by atoms with E-state index >= 15 is 0 Å². The van der Waals surface area contributed by atoms with Gasteiger partial charge >= 0.3 is 0 Å². The van der Waals surface area contributed by atoms with Gasteiger partial charge < -0.3 is 9.64 Å². The number of hydrogen-bond donors (Lipinski definition) is 0. The molecule has 0 spiro atoms. The zero-order valence-corrected chi connectivity index (χ0v) is 19.3. The molecule has 1 fully saturated rings. The molecule has 1 saturated heterocycles. The number of anilines is 1. The van der Waals surface area contributed by atoms with Crippen LogP contribution >= 0.6 is 11.8 Å². The van der Waals surface area contributed by atoms with Gasteiger partial charge in [0.1, 0.15) is 5.75 Å². The first-order chi connectivity index (χ1) is 14.4. The van der Waals surface area contributed by atoms with Gasteiger partial charge in [-0.25, -0.2) is 8.42 Å². The van der Waals surface area contributed by atoms with E-state index in [0.29, 0.717) is 24.1 Å². The molecule has 4 rings (SSSR count). The fourth-order valence-corrected chi connectivity index (χ4v) is 6.76. The molecular formula is C23H30N2O3S2. The fraction of sp³-hybridized carbons (Fsp3) is 0.478. The molecule has 1 atom stereocenters. The Balaban J connectivity index is 1.46. The van der Waals surface area contributed by atoms with Gasteiger partial charge in [0.15, 0.2) is 0 Å². The van der Waals surface area contributed by atoms with Crippen molar-refractivity contribution in [2.45, 2.75) is 48.9 Å². The summed E-state index contributed by atoms with van der Waals surface area (Å²) in [7, 11) is -3.59. The van der Waals surface area contributed by atoms with Crippen molar-refractivity contribution in [2.75, 3.05) is 36.3 Å². The summed E-state index contributed by atoms with van der Waals surface area (Å²) in [6, 6.07) is 13.5. The summed E-state index contributed by atoms with van der Waals surface area (Å²) >= 11 is 1.69. The van der Waals surface area contributed by atoms with Crippen LogP contribution < -0.4 is 9.04 Å². The van der Waals surface area contributed by atoms with Crippen molar-refractivity contribution in [2.24, 2.45) is 0 Å². The van der Waals surface area contributed by atoms with Gasteiger partial charge in [-0.15, -0.1) is 11.8 Å². The lowest BCUT2D eigenvalue weighted by molar-refractivity contribution is 0.230. The van der Waals surface area contributed by atoms with Crippen molar-refractivity contribution < 1.29 is 13.2 Å². The molecule has 0 aromatic heterocycles. The second-order valence-corrected chi connectivity index (χ2v) is 11.1. The zero-order chi connectivity index (χ0) is 21.1. The molecule has 0 radical (unpaired) electrons. The number of rotatable bonds is 7. The highest BCUT2D eigenvalue weighted by atomic mass is 32.2. The lowest BCUT2D eigenvalue weighted by Crippen LogP contribution is -2.35. The summed E-state index contributed by atoms with van der Waals surface area (Å²) < 4.78 is 34.1. The van der Waals surface area contributed by atoms with Gasteiger partial charge in [0, 0.05) is 35.8 Å². The number of likely N-dealkylation sites (tertiary alicyclic amines) is 1. The molecule has 0 N–H and O–H groups in total. The van der Waals surface area contributed by atoms with Crippen LogP contribution in [0.25, 0.3) is 0 Å². The number of aryl methyl sites for hydroxylation is 1. The van der Waals surface area contributed by atoms with E-state index in [1.165, 1.54) is 23.7 Å². The summed E-state index contributed by atoms with van der Waals surface area (Å²) in [6.07, 6.45) is 3.55. The van der Waals surface area contributed by atoms with E-state index in [-0.39, 0.29) is 0 Å². The van der Waals surface area contributed by atoms with Crippen LogP contribution in [0.2, 0.25) is 0 Å². The van der Waals surface area contributed by atoms with Crippen LogP contribution in [0.4, 0.5) is 5.69 Å². The average molecular weight is 447 g/mol. The van der Waals surface area contributed by atoms with Crippen LogP contribution in [0.5, 0.6) is 5.75 Å². The Morgan fingerprint density at radius 2 is 1.93 bits per heavy atom. The largest absolute Gasteiger partial charge is 0.493 e. The molecule has 2 aromatic rings. The summed E-state index contributed by atoms with van der Waals surface area (Å²) in [4.78, 5) is 3.83. The summed E-state index contributed by atoms with van der Waals surface area (Å²) in [5, 5.41) is 0. The number of ether oxygens (including phenoxy) is 1. The predicted octanol–water partition coefficient (Wildman–Crippen LogP) is 4.55. The second kappa shape index (κ2) is 9.20. The molecule has 2 heterocycles. The number of nitrogens with zero attached hydrogens (tertiary/aromatic N) is 2. The molecule has 0 amide bonds. The predicted molar refractivity (Wildman–Crippen MR) is 123 cm³/mol. The molecule has 7 heteroatoms. The highest BCUT2D eigenvalue weighted by Gasteiger charge is 2.30. The summed E-state index contributed by atoms with van der Waals surface area (Å²) in [6.45, 7) is 7.58. The van der Waals surface area contributed by atoms with E-state index in [1.54, 1.807) is 23.9 Å². The molecule has 0 unspecified atom stereocenters. The van der Waals surface area contributed by atoms with E-state index in [9.17, 15) is 8.42 Å². The Morgan fingerprint density at radius 3 is 2.67 bits per heavy atom. The van der Waals surface area contributed by atoms with Crippen molar-refractivity contribution in [1.29, 1.82) is 0 Å². The van der Waals surface area contributed by atoms with Crippen LogP contribution in [0.15, 0.2) is 52.3 Å². The Bertz CT molecular complexity index is 976. The number of thioether (sulfide) groups is 1. The fourth-order valence-electron chi connectivity index (χ4n) is 4.13. The monoisotopic (exact) mass is 446 g/mol. The van der Waals surface area contributed by atoms with Gasteiger partial charge in [0.25, 0.3) is 10.0 Å². The van der Waals surface area contributed by atoms with Crippen LogP contribution in [-0.2, 0) is 10.0 Å². The molecule has 2 aliphatic heterocycles. The van der Waals surface area contributed by atoms with Gasteiger partial charge in [-0.05, 0) is 63.9 Å². The normalized spacial score (nSPS) is 19.7. The van der Waals surface area contributed by atoms with Gasteiger partial charge in [-0.1, -0.05) is 17.7 Å². The SMILES string of the molecule is Cc1ccc(S(=O)(=O)N2CCSc3ccc(OCCCN4CCC[C@H]4C)cc32)cc1. The maximum Gasteiger partial charge on any atom is 0.264 e. The van der Waals surface area contributed by atoms with Crippen molar-refractivity contribution in [3.8, 4) is 5.75 Å². The lowest BCUT2D eigenvalue weighted by atomic mass is 10.2. The van der Waals surface area contributed by atoms with Crippen LogP contribution in [-0.4, -0.2) is 51.4 Å². The smallest absolute Gasteiger partial charge is 0.264 e. The van der Waals surface area contributed by atoms with E-state index < -0.39 is 10.0 Å². The molecule has 30 heavy (non-hydrogen) atoms. The summed E-state index contributed by atoms with van der Waals surface area (Å²) in [5.74, 6) is 1.47. The number of sulfonamides is 1. The van der Waals surface area contributed by atoms with Crippen LogP contribution in [0.3, 0.4) is 0 Å². The maximum atomic E-state index is 13.3. The molecule has 162 valence electrons. The molecule has 5 nitrogen and oxygen atoms in total. The minimum absolute atomic E-state index is 0.331. The third-order valence-electron chi connectivity index (χ3n) is 5.91. The Kier molecular flexibility index (Phi) is 6.60. The van der Waals surface area contributed by atoms with Crippen molar-refractivity contribution in [1.82, 2.24) is 4.90 Å². The van der Waals surface area contributed by atoms with Crippen molar-refractivity contribution in [3.63, 3.8) is 0 Å². The molecule has 2 aromatic carbocycles. The average Bonchev–Trinajstić information content (AvgIpc) is 3.15. The minimum atomic E-state index is -3.59. The summed E-state index contributed by atoms with van der Waals surface area (Å²) in [5.41, 5.74) is 1.76. The Labute approximate surface area is 184 Å². The Morgan fingerprint density at radius 1 is 1.13 bits per heavy atom. The highest BCUT2D eigenvalue weighted by molar-refractivity contribution is 8.00. The van der Waals surface area contributed by atoms with Gasteiger partial charge in [0.05, 0.1) is 17.2 Å². The van der Waals surface area contributed by atoms with Crippen LogP contribution in [0, 0.1) is 6.92 Å². The van der Waals surface area contributed by atoms with E-state index in [0.717, 1.165) is 40.6 Å². The molecule has 2 aliphatic rings. The minimum Gasteiger partial charge on any atom is -0.493 e. The highest BCUT2D eigenvalue weighted by Crippen LogP contribution is 2.40. The van der Waals surface area contributed by atoms with Gasteiger partial charge in [-0.2, -0.15) is 0 Å². The molecule has 0 aliphatic carbocycles. The lowest BCUT2D eigenvalue weighted by Gasteiger charge is -2.30. The second-order valence-electron chi connectivity index (χ2n) is 8.10. The van der Waals surface area contributed by atoms with Gasteiger partial charge in [0.2, 0.25) is 0 Å². The van der Waals surface area contributed by atoms with Gasteiger partial charge in [-0.3, -0.25) is 4.31 Å². The molecule has 0 bridgehead atoms. The molecule has 0 saturated carbocycles. The third-order valence-corrected chi connectivity index (χ3v) is 8.78. The first-order valence-corrected chi connectivity index (χ1v) is 13.1.